The minimum atomic E-state index is -0.345. The fourth-order valence-corrected chi connectivity index (χ4v) is 3.81. The van der Waals surface area contributed by atoms with Crippen LogP contribution >= 0.6 is 0 Å². The highest BCUT2D eigenvalue weighted by Gasteiger charge is 2.34. The maximum atomic E-state index is 13.5. The van der Waals surface area contributed by atoms with Crippen molar-refractivity contribution in [3.63, 3.8) is 0 Å². The Morgan fingerprint density at radius 3 is 2.21 bits per heavy atom. The van der Waals surface area contributed by atoms with Gasteiger partial charge in [0.1, 0.15) is 5.75 Å². The lowest BCUT2D eigenvalue weighted by molar-refractivity contribution is -0.123. The number of benzene rings is 3. The molecule has 2 amide bonds. The lowest BCUT2D eigenvalue weighted by Crippen LogP contribution is -2.41. The van der Waals surface area contributed by atoms with E-state index in [9.17, 15) is 9.59 Å². The van der Waals surface area contributed by atoms with E-state index in [1.807, 2.05) is 55.5 Å². The number of carbonyl (C=O) groups excluding carboxylic acids is 2. The van der Waals surface area contributed by atoms with Crippen molar-refractivity contribution in [2.24, 2.45) is 0 Å². The van der Waals surface area contributed by atoms with Gasteiger partial charge in [0.25, 0.3) is 11.8 Å². The third-order valence-corrected chi connectivity index (χ3v) is 5.47. The van der Waals surface area contributed by atoms with Gasteiger partial charge in [0, 0.05) is 11.1 Å². The third-order valence-electron chi connectivity index (χ3n) is 5.47. The van der Waals surface area contributed by atoms with E-state index in [0.29, 0.717) is 40.6 Å². The monoisotopic (exact) mass is 443 g/mol. The van der Waals surface area contributed by atoms with Crippen LogP contribution in [0.15, 0.2) is 66.7 Å². The largest absolute Gasteiger partial charge is 0.497 e. The van der Waals surface area contributed by atoms with Crippen molar-refractivity contribution in [3.8, 4) is 17.2 Å². The van der Waals surface area contributed by atoms with Gasteiger partial charge in [-0.3, -0.25) is 14.5 Å². The van der Waals surface area contributed by atoms with Gasteiger partial charge in [0.15, 0.2) is 11.5 Å². The molecule has 0 fully saturated rings. The number of methoxy groups -OCH3 is 2. The minimum absolute atomic E-state index is 0.167. The van der Waals surface area contributed by atoms with Gasteiger partial charge in [0.05, 0.1) is 27.4 Å². The van der Waals surface area contributed by atoms with Crippen LogP contribution in [-0.2, 0) is 11.3 Å². The molecule has 0 saturated heterocycles. The highest BCUT2D eigenvalue weighted by molar-refractivity contribution is 6.33. The van der Waals surface area contributed by atoms with E-state index in [0.717, 1.165) is 11.1 Å². The quantitative estimate of drug-likeness (QED) is 0.387. The molecule has 0 N–H and O–H groups in total. The van der Waals surface area contributed by atoms with Crippen molar-refractivity contribution in [1.29, 1.82) is 0 Å². The zero-order valence-corrected chi connectivity index (χ0v) is 18.8. The second-order valence-corrected chi connectivity index (χ2v) is 7.49. The summed E-state index contributed by atoms with van der Waals surface area (Å²) in [6, 6.07) is 20.0. The lowest BCUT2D eigenvalue weighted by atomic mass is 9.91. The Labute approximate surface area is 193 Å². The number of imide groups is 1. The summed E-state index contributed by atoms with van der Waals surface area (Å²) in [5, 5.41) is 0. The molecule has 0 atom stereocenters. The van der Waals surface area contributed by atoms with E-state index in [1.54, 1.807) is 38.5 Å². The molecule has 0 spiro atoms. The highest BCUT2D eigenvalue weighted by Crippen LogP contribution is 2.34. The van der Waals surface area contributed by atoms with Gasteiger partial charge in [0.2, 0.25) is 0 Å². The van der Waals surface area contributed by atoms with Crippen LogP contribution in [0.4, 0.5) is 0 Å². The zero-order chi connectivity index (χ0) is 23.4. The molecule has 4 rings (SSSR count). The average molecular weight is 443 g/mol. The SMILES string of the molecule is CCOc1ccc(/C=C2/C(=O)N(Cc3ccc(OC)cc3)C(=O)c3ccccc32)cc1OC. The minimum Gasteiger partial charge on any atom is -0.497 e. The van der Waals surface area contributed by atoms with Crippen LogP contribution in [0.3, 0.4) is 0 Å². The van der Waals surface area contributed by atoms with E-state index >= 15 is 0 Å². The van der Waals surface area contributed by atoms with Gasteiger partial charge in [-0.05, 0) is 60.0 Å². The van der Waals surface area contributed by atoms with Gasteiger partial charge < -0.3 is 14.2 Å². The lowest BCUT2D eigenvalue weighted by Gasteiger charge is -2.29. The fourth-order valence-electron chi connectivity index (χ4n) is 3.81. The first-order valence-corrected chi connectivity index (χ1v) is 10.7. The average Bonchev–Trinajstić information content (AvgIpc) is 2.85. The number of hydrogen-bond donors (Lipinski definition) is 0. The topological polar surface area (TPSA) is 65.1 Å². The summed E-state index contributed by atoms with van der Waals surface area (Å²) in [7, 11) is 3.17. The molecule has 6 heteroatoms. The number of fused-ring (bicyclic) bond motifs is 1. The Kier molecular flexibility index (Phi) is 6.45. The van der Waals surface area contributed by atoms with Crippen LogP contribution < -0.4 is 14.2 Å². The molecule has 0 unspecified atom stereocenters. The van der Waals surface area contributed by atoms with Crippen molar-refractivity contribution >= 4 is 23.5 Å². The summed E-state index contributed by atoms with van der Waals surface area (Å²) in [5.74, 6) is 1.27. The first kappa shape index (κ1) is 22.1. The van der Waals surface area contributed by atoms with Crippen LogP contribution in [0, 0.1) is 0 Å². The molecule has 33 heavy (non-hydrogen) atoms. The number of amides is 2. The first-order chi connectivity index (χ1) is 16.0. The molecule has 0 aromatic heterocycles. The second-order valence-electron chi connectivity index (χ2n) is 7.49. The zero-order valence-electron chi connectivity index (χ0n) is 18.8. The Morgan fingerprint density at radius 1 is 0.818 bits per heavy atom. The van der Waals surface area contributed by atoms with Crippen molar-refractivity contribution in [2.75, 3.05) is 20.8 Å². The van der Waals surface area contributed by atoms with Gasteiger partial charge >= 0.3 is 0 Å². The van der Waals surface area contributed by atoms with Crippen LogP contribution in [0.2, 0.25) is 0 Å². The molecule has 0 aliphatic carbocycles. The third kappa shape index (κ3) is 4.46. The molecular weight excluding hydrogens is 418 g/mol. The predicted octanol–water partition coefficient (Wildman–Crippen LogP) is 4.83. The van der Waals surface area contributed by atoms with Crippen LogP contribution in [0.5, 0.6) is 17.2 Å². The van der Waals surface area contributed by atoms with E-state index < -0.39 is 0 Å². The van der Waals surface area contributed by atoms with Crippen molar-refractivity contribution in [3.05, 3.63) is 89.0 Å². The van der Waals surface area contributed by atoms with E-state index in [1.165, 1.54) is 4.90 Å². The molecule has 1 aliphatic rings. The van der Waals surface area contributed by atoms with Crippen LogP contribution in [0.1, 0.15) is 34.0 Å². The molecule has 3 aromatic rings. The molecule has 1 heterocycles. The Hall–Kier alpha value is -4.06. The second kappa shape index (κ2) is 9.61. The Morgan fingerprint density at radius 2 is 1.55 bits per heavy atom. The van der Waals surface area contributed by atoms with Gasteiger partial charge in [-0.2, -0.15) is 0 Å². The highest BCUT2D eigenvalue weighted by atomic mass is 16.5. The van der Waals surface area contributed by atoms with E-state index in [2.05, 4.69) is 0 Å². The van der Waals surface area contributed by atoms with E-state index in [4.69, 9.17) is 14.2 Å². The van der Waals surface area contributed by atoms with Crippen LogP contribution in [-0.4, -0.2) is 37.5 Å². The molecule has 6 nitrogen and oxygen atoms in total. The summed E-state index contributed by atoms with van der Waals surface area (Å²) in [6.07, 6.45) is 1.78. The smallest absolute Gasteiger partial charge is 0.261 e. The normalized spacial score (nSPS) is 14.3. The molecule has 0 bridgehead atoms. The standard InChI is InChI=1S/C27H25NO5/c1-4-33-24-14-11-19(16-25(24)32-3)15-23-21-7-5-6-8-22(21)26(29)28(27(23)30)17-18-9-12-20(31-2)13-10-18/h5-16H,4,17H2,1-3H3/b23-15+. The van der Waals surface area contributed by atoms with Crippen molar-refractivity contribution in [1.82, 2.24) is 4.90 Å². The predicted molar refractivity (Wildman–Crippen MR) is 126 cm³/mol. The molecule has 0 radical (unpaired) electrons. The summed E-state index contributed by atoms with van der Waals surface area (Å²) in [5.41, 5.74) is 3.16. The molecule has 1 aliphatic heterocycles. The summed E-state index contributed by atoms with van der Waals surface area (Å²) in [4.78, 5) is 28.0. The maximum Gasteiger partial charge on any atom is 0.261 e. The molecular formula is C27H25NO5. The van der Waals surface area contributed by atoms with Gasteiger partial charge in [-0.15, -0.1) is 0 Å². The Balaban J connectivity index is 1.74. The summed E-state index contributed by atoms with van der Waals surface area (Å²) in [6.45, 7) is 2.59. The van der Waals surface area contributed by atoms with Crippen molar-refractivity contribution < 1.29 is 23.8 Å². The summed E-state index contributed by atoms with van der Waals surface area (Å²) >= 11 is 0. The first-order valence-electron chi connectivity index (χ1n) is 10.7. The fraction of sp³-hybridized carbons (Fsp3) is 0.185. The number of carbonyl (C=O) groups is 2. The van der Waals surface area contributed by atoms with Crippen molar-refractivity contribution in [2.45, 2.75) is 13.5 Å². The summed E-state index contributed by atoms with van der Waals surface area (Å²) < 4.78 is 16.2. The molecule has 3 aromatic carbocycles. The number of ether oxygens (including phenoxy) is 3. The van der Waals surface area contributed by atoms with Crippen LogP contribution in [0.25, 0.3) is 11.6 Å². The maximum absolute atomic E-state index is 13.5. The molecule has 168 valence electrons. The number of rotatable bonds is 7. The number of nitrogens with zero attached hydrogens (tertiary/aromatic N) is 1. The van der Waals surface area contributed by atoms with E-state index in [-0.39, 0.29) is 18.4 Å². The molecule has 0 saturated carbocycles. The van der Waals surface area contributed by atoms with Gasteiger partial charge in [-0.25, -0.2) is 0 Å². The van der Waals surface area contributed by atoms with Gasteiger partial charge in [-0.1, -0.05) is 36.4 Å². The number of hydrogen-bond acceptors (Lipinski definition) is 5. The Bertz CT molecular complexity index is 1210.